The van der Waals surface area contributed by atoms with Gasteiger partial charge in [0.2, 0.25) is 5.91 Å². The van der Waals surface area contributed by atoms with Crippen molar-refractivity contribution in [1.82, 2.24) is 4.31 Å². The predicted molar refractivity (Wildman–Crippen MR) is 101 cm³/mol. The lowest BCUT2D eigenvalue weighted by Crippen LogP contribution is -2.42. The Morgan fingerprint density at radius 2 is 2.08 bits per heavy atom. The number of sulfonamides is 1. The number of rotatable bonds is 7. The lowest BCUT2D eigenvalue weighted by molar-refractivity contribution is -0.119. The van der Waals surface area contributed by atoms with Gasteiger partial charge >= 0.3 is 0 Å². The minimum Gasteiger partial charge on any atom is -0.492 e. The molecule has 9 heteroatoms. The quantitative estimate of drug-likeness (QED) is 0.745. The third-order valence-corrected chi connectivity index (χ3v) is 7.35. The Labute approximate surface area is 156 Å². The van der Waals surface area contributed by atoms with Gasteiger partial charge in [-0.15, -0.1) is 11.3 Å². The summed E-state index contributed by atoms with van der Waals surface area (Å²) in [5.41, 5.74) is 5.98. The van der Waals surface area contributed by atoms with Crippen molar-refractivity contribution in [1.29, 1.82) is 0 Å². The maximum Gasteiger partial charge on any atom is 0.253 e. The van der Waals surface area contributed by atoms with Crippen LogP contribution >= 0.6 is 11.3 Å². The first kappa shape index (κ1) is 18.8. The zero-order valence-electron chi connectivity index (χ0n) is 14.1. The van der Waals surface area contributed by atoms with Gasteiger partial charge in [0.05, 0.1) is 0 Å². The average molecular weight is 396 g/mol. The van der Waals surface area contributed by atoms with Crippen molar-refractivity contribution in [2.75, 3.05) is 25.0 Å². The van der Waals surface area contributed by atoms with E-state index < -0.39 is 16.1 Å². The molecule has 7 nitrogen and oxygen atoms in total. The summed E-state index contributed by atoms with van der Waals surface area (Å²) in [7, 11) is -3.64. The Bertz CT molecular complexity index is 835. The monoisotopic (exact) mass is 395 g/mol. The number of anilines is 1. The Kier molecular flexibility index (Phi) is 5.92. The second-order valence-corrected chi connectivity index (χ2v) is 8.92. The predicted octanol–water partition coefficient (Wildman–Crippen LogP) is 1.88. The van der Waals surface area contributed by atoms with E-state index in [4.69, 9.17) is 10.5 Å². The topological polar surface area (TPSA) is 102 Å². The van der Waals surface area contributed by atoms with Crippen LogP contribution in [0.3, 0.4) is 0 Å². The number of carbonyl (C=O) groups is 1. The fraction of sp³-hybridized carbons (Fsp3) is 0.353. The maximum atomic E-state index is 12.7. The van der Waals surface area contributed by atoms with Crippen LogP contribution in [0.1, 0.15) is 12.8 Å². The molecule has 1 aliphatic rings. The van der Waals surface area contributed by atoms with E-state index in [-0.39, 0.29) is 10.1 Å². The van der Waals surface area contributed by atoms with E-state index >= 15 is 0 Å². The van der Waals surface area contributed by atoms with Crippen molar-refractivity contribution in [3.05, 3.63) is 41.8 Å². The summed E-state index contributed by atoms with van der Waals surface area (Å²) in [5.74, 6) is 0.342. The normalized spacial score (nSPS) is 18.0. The minimum absolute atomic E-state index is 0.263. The van der Waals surface area contributed by atoms with E-state index in [1.807, 2.05) is 0 Å². The molecular weight excluding hydrogens is 374 g/mol. The molecule has 1 unspecified atom stereocenters. The Hall–Kier alpha value is -1.94. The second-order valence-electron chi connectivity index (χ2n) is 5.86. The van der Waals surface area contributed by atoms with Crippen LogP contribution in [0, 0.1) is 0 Å². The van der Waals surface area contributed by atoms with E-state index in [9.17, 15) is 13.2 Å². The van der Waals surface area contributed by atoms with Gasteiger partial charge in [0.1, 0.15) is 22.6 Å². The summed E-state index contributed by atoms with van der Waals surface area (Å²) in [6.07, 6.45) is 1.17. The number of benzene rings is 1. The lowest BCUT2D eigenvalue weighted by atomic mass is 10.2. The molecule has 1 amide bonds. The molecule has 1 atom stereocenters. The van der Waals surface area contributed by atoms with Gasteiger partial charge in [-0.2, -0.15) is 4.31 Å². The van der Waals surface area contributed by atoms with E-state index in [1.54, 1.807) is 41.8 Å². The van der Waals surface area contributed by atoms with E-state index in [0.717, 1.165) is 11.3 Å². The summed E-state index contributed by atoms with van der Waals surface area (Å²) < 4.78 is 32.4. The Morgan fingerprint density at radius 3 is 2.73 bits per heavy atom. The van der Waals surface area contributed by atoms with E-state index in [0.29, 0.717) is 44.0 Å². The minimum atomic E-state index is -3.64. The number of thiophene rings is 1. The molecule has 1 saturated heterocycles. The highest BCUT2D eigenvalue weighted by molar-refractivity contribution is 7.91. The van der Waals surface area contributed by atoms with Crippen LogP contribution < -0.4 is 15.8 Å². The molecule has 1 aliphatic heterocycles. The molecule has 0 radical (unpaired) electrons. The molecule has 0 saturated carbocycles. The summed E-state index contributed by atoms with van der Waals surface area (Å²) in [4.78, 5) is 12.6. The first-order chi connectivity index (χ1) is 12.5. The molecule has 3 rings (SSSR count). The SMILES string of the molecule is NCCOc1ccc(NC(=O)C2CCCN2S(=O)(=O)c2cccs2)cc1. The van der Waals surface area contributed by atoms with Gasteiger partial charge in [-0.3, -0.25) is 4.79 Å². The zero-order valence-corrected chi connectivity index (χ0v) is 15.8. The van der Waals surface area contributed by atoms with Crippen molar-refractivity contribution >= 4 is 33.0 Å². The summed E-state index contributed by atoms with van der Waals surface area (Å²) in [5, 5.41) is 4.51. The summed E-state index contributed by atoms with van der Waals surface area (Å²) in [6.45, 7) is 1.20. The smallest absolute Gasteiger partial charge is 0.253 e. The Morgan fingerprint density at radius 1 is 1.31 bits per heavy atom. The van der Waals surface area contributed by atoms with Gasteiger partial charge in [-0.1, -0.05) is 6.07 Å². The van der Waals surface area contributed by atoms with Crippen molar-refractivity contribution in [3.63, 3.8) is 0 Å². The first-order valence-electron chi connectivity index (χ1n) is 8.31. The van der Waals surface area contributed by atoms with Crippen LogP contribution in [-0.2, 0) is 14.8 Å². The van der Waals surface area contributed by atoms with Gasteiger partial charge in [0.15, 0.2) is 0 Å². The number of carbonyl (C=O) groups excluding carboxylic acids is 1. The van der Waals surface area contributed by atoms with E-state index in [2.05, 4.69) is 5.32 Å². The molecular formula is C17H21N3O4S2. The standard InChI is InChI=1S/C17H21N3O4S2/c18-9-11-24-14-7-5-13(6-8-14)19-17(21)15-3-1-10-20(15)26(22,23)16-4-2-12-25-16/h2,4-8,12,15H,1,3,9-11,18H2,(H,19,21). The van der Waals surface area contributed by atoms with Gasteiger partial charge in [-0.05, 0) is 48.6 Å². The number of nitrogens with zero attached hydrogens (tertiary/aromatic N) is 1. The van der Waals surface area contributed by atoms with Crippen LogP contribution in [0.2, 0.25) is 0 Å². The fourth-order valence-electron chi connectivity index (χ4n) is 2.85. The van der Waals surface area contributed by atoms with Crippen LogP contribution in [0.25, 0.3) is 0 Å². The molecule has 0 aliphatic carbocycles. The molecule has 1 aromatic heterocycles. The lowest BCUT2D eigenvalue weighted by Gasteiger charge is -2.22. The zero-order chi connectivity index (χ0) is 18.6. The van der Waals surface area contributed by atoms with Gasteiger partial charge in [0.25, 0.3) is 10.0 Å². The third kappa shape index (κ3) is 4.07. The highest BCUT2D eigenvalue weighted by Crippen LogP contribution is 2.29. The molecule has 3 N–H and O–H groups in total. The van der Waals surface area contributed by atoms with Crippen molar-refractivity contribution < 1.29 is 17.9 Å². The second kappa shape index (κ2) is 8.17. The number of amides is 1. The highest BCUT2D eigenvalue weighted by atomic mass is 32.2. The summed E-state index contributed by atoms with van der Waals surface area (Å²) in [6, 6.07) is 9.47. The van der Waals surface area contributed by atoms with E-state index in [1.165, 1.54) is 4.31 Å². The molecule has 0 bridgehead atoms. The third-order valence-electron chi connectivity index (χ3n) is 4.07. The van der Waals surface area contributed by atoms with Crippen LogP contribution in [0.5, 0.6) is 5.75 Å². The van der Waals surface area contributed by atoms with Crippen molar-refractivity contribution in [3.8, 4) is 5.75 Å². The van der Waals surface area contributed by atoms with Gasteiger partial charge in [0, 0.05) is 18.8 Å². The number of nitrogens with two attached hydrogens (primary N) is 1. The fourth-order valence-corrected chi connectivity index (χ4v) is 5.63. The number of hydrogen-bond acceptors (Lipinski definition) is 6. The molecule has 2 heterocycles. The molecule has 140 valence electrons. The van der Waals surface area contributed by atoms with Crippen LogP contribution in [0.4, 0.5) is 5.69 Å². The van der Waals surface area contributed by atoms with Gasteiger partial charge in [-0.25, -0.2) is 8.42 Å². The molecule has 26 heavy (non-hydrogen) atoms. The highest BCUT2D eigenvalue weighted by Gasteiger charge is 2.39. The number of hydrogen-bond donors (Lipinski definition) is 2. The average Bonchev–Trinajstić information content (AvgIpc) is 3.33. The molecule has 1 aromatic carbocycles. The van der Waals surface area contributed by atoms with Crippen molar-refractivity contribution in [2.24, 2.45) is 5.73 Å². The van der Waals surface area contributed by atoms with Crippen molar-refractivity contribution in [2.45, 2.75) is 23.1 Å². The maximum absolute atomic E-state index is 12.7. The largest absolute Gasteiger partial charge is 0.492 e. The van der Waals surface area contributed by atoms with Crippen LogP contribution in [-0.4, -0.2) is 44.4 Å². The Balaban J connectivity index is 1.69. The molecule has 1 fully saturated rings. The number of ether oxygens (including phenoxy) is 1. The molecule has 0 spiro atoms. The first-order valence-corrected chi connectivity index (χ1v) is 10.6. The number of nitrogens with one attached hydrogen (secondary N) is 1. The van der Waals surface area contributed by atoms with Crippen LogP contribution in [0.15, 0.2) is 46.0 Å². The summed E-state index contributed by atoms with van der Waals surface area (Å²) >= 11 is 1.16. The molecule has 2 aromatic rings. The van der Waals surface area contributed by atoms with Gasteiger partial charge < -0.3 is 15.8 Å².